The Hall–Kier alpha value is -2.07. The fourth-order valence-electron chi connectivity index (χ4n) is 1.66. The number of para-hydroxylation sites is 1. The maximum atomic E-state index is 5.85. The minimum Gasteiger partial charge on any atom is -0.494 e. The zero-order valence-electron chi connectivity index (χ0n) is 10.7. The van der Waals surface area contributed by atoms with E-state index in [-0.39, 0.29) is 0 Å². The molecule has 0 spiro atoms. The van der Waals surface area contributed by atoms with E-state index in [1.165, 1.54) is 0 Å². The monoisotopic (exact) mass is 275 g/mol. The van der Waals surface area contributed by atoms with Crippen molar-refractivity contribution < 1.29 is 4.74 Å². The fraction of sp³-hybridized carbons (Fsp3) is 0.143. The zero-order valence-corrected chi connectivity index (χ0v) is 11.5. The average Bonchev–Trinajstić information content (AvgIpc) is 2.39. The van der Waals surface area contributed by atoms with Gasteiger partial charge < -0.3 is 10.5 Å². The molecule has 0 unspecified atom stereocenters. The number of anilines is 1. The second-order valence-electron chi connectivity index (χ2n) is 4.02. The first kappa shape index (κ1) is 13.4. The molecule has 1 heterocycles. The highest BCUT2D eigenvalue weighted by Gasteiger charge is 2.04. The number of nitrogen functional groups attached to an aromatic ring is 1. The smallest absolute Gasteiger partial charge is 0.144 e. The van der Waals surface area contributed by atoms with Crippen LogP contribution in [0, 0.1) is 6.92 Å². The molecule has 0 bridgehead atoms. The molecule has 98 valence electrons. The van der Waals surface area contributed by atoms with E-state index in [0.29, 0.717) is 10.8 Å². The minimum absolute atomic E-state index is 0.364. The molecule has 1 aromatic heterocycles. The van der Waals surface area contributed by atoms with Crippen molar-refractivity contribution in [1.82, 2.24) is 4.98 Å². The first-order valence-electron chi connectivity index (χ1n) is 5.70. The van der Waals surface area contributed by atoms with Gasteiger partial charge in [-0.15, -0.1) is 0 Å². The molecule has 0 aliphatic carbocycles. The van der Waals surface area contributed by atoms with Crippen molar-refractivity contribution in [2.45, 2.75) is 6.92 Å². The Balaban J connectivity index is 2.37. The molecule has 0 atom stereocenters. The van der Waals surface area contributed by atoms with E-state index in [0.717, 1.165) is 22.6 Å². The van der Waals surface area contributed by atoms with Crippen LogP contribution in [0.1, 0.15) is 11.1 Å². The first-order chi connectivity index (χ1) is 9.11. The van der Waals surface area contributed by atoms with Gasteiger partial charge in [0, 0.05) is 23.7 Å². The van der Waals surface area contributed by atoms with Gasteiger partial charge in [-0.05, 0) is 24.6 Å². The molecule has 0 saturated heterocycles. The number of pyridine rings is 1. The maximum absolute atomic E-state index is 5.85. The summed E-state index contributed by atoms with van der Waals surface area (Å²) in [7, 11) is 1.62. The van der Waals surface area contributed by atoms with E-state index in [9.17, 15) is 0 Å². The summed E-state index contributed by atoms with van der Waals surface area (Å²) in [5.74, 6) is 0.719. The van der Waals surface area contributed by atoms with Gasteiger partial charge in [-0.3, -0.25) is 4.99 Å². The molecule has 19 heavy (non-hydrogen) atoms. The first-order valence-corrected chi connectivity index (χ1v) is 6.08. The Morgan fingerprint density at radius 2 is 2.21 bits per heavy atom. The largest absolute Gasteiger partial charge is 0.494 e. The van der Waals surface area contributed by atoms with Crippen LogP contribution < -0.4 is 10.5 Å². The van der Waals surface area contributed by atoms with Crippen LogP contribution in [-0.2, 0) is 0 Å². The van der Waals surface area contributed by atoms with E-state index >= 15 is 0 Å². The molecule has 2 N–H and O–H groups in total. The molecule has 5 heteroatoms. The van der Waals surface area contributed by atoms with Gasteiger partial charge in [0.1, 0.15) is 16.6 Å². The van der Waals surface area contributed by atoms with E-state index in [1.54, 1.807) is 25.6 Å². The second-order valence-corrected chi connectivity index (χ2v) is 4.41. The maximum Gasteiger partial charge on any atom is 0.144 e. The van der Waals surface area contributed by atoms with Gasteiger partial charge in [0.25, 0.3) is 0 Å². The number of rotatable bonds is 3. The van der Waals surface area contributed by atoms with Crippen molar-refractivity contribution >= 4 is 29.2 Å². The summed E-state index contributed by atoms with van der Waals surface area (Å²) in [6.45, 7) is 1.97. The quantitative estimate of drug-likeness (QED) is 0.690. The van der Waals surface area contributed by atoms with Crippen molar-refractivity contribution in [3.05, 3.63) is 46.7 Å². The number of aromatic nitrogens is 1. The van der Waals surface area contributed by atoms with Crippen molar-refractivity contribution in [3.63, 3.8) is 0 Å². The molecule has 0 radical (unpaired) electrons. The number of benzene rings is 1. The van der Waals surface area contributed by atoms with E-state index < -0.39 is 0 Å². The van der Waals surface area contributed by atoms with E-state index in [1.807, 2.05) is 25.1 Å². The number of nitrogens with zero attached hydrogens (tertiary/aromatic N) is 2. The van der Waals surface area contributed by atoms with Gasteiger partial charge in [-0.1, -0.05) is 23.7 Å². The minimum atomic E-state index is 0.364. The highest BCUT2D eigenvalue weighted by molar-refractivity contribution is 6.29. The molecule has 0 fully saturated rings. The number of halogens is 1. The molecule has 2 rings (SSSR count). The third-order valence-corrected chi connectivity index (χ3v) is 2.89. The topological polar surface area (TPSA) is 60.5 Å². The van der Waals surface area contributed by atoms with Crippen LogP contribution in [0.15, 0.2) is 35.5 Å². The number of aliphatic imine (C=N–C) groups is 1. The number of aryl methyl sites for hydroxylation is 1. The van der Waals surface area contributed by atoms with Crippen LogP contribution in [0.2, 0.25) is 5.15 Å². The molecular formula is C14H14ClN3O. The summed E-state index contributed by atoms with van der Waals surface area (Å²) in [5.41, 5.74) is 8.90. The number of nitrogens with two attached hydrogens (primary N) is 1. The predicted octanol–water partition coefficient (Wildman–Crippen LogP) is 3.38. The number of methoxy groups -OCH3 is 1. The number of hydrogen-bond acceptors (Lipinski definition) is 4. The lowest BCUT2D eigenvalue weighted by molar-refractivity contribution is 0.416. The van der Waals surface area contributed by atoms with Crippen LogP contribution in [-0.4, -0.2) is 18.3 Å². The van der Waals surface area contributed by atoms with E-state index in [4.69, 9.17) is 22.1 Å². The second kappa shape index (κ2) is 5.71. The predicted molar refractivity (Wildman–Crippen MR) is 78.6 cm³/mol. The number of ether oxygens (including phenoxy) is 1. The third kappa shape index (κ3) is 3.03. The van der Waals surface area contributed by atoms with Crippen molar-refractivity contribution in [2.75, 3.05) is 12.8 Å². The van der Waals surface area contributed by atoms with Crippen LogP contribution in [0.25, 0.3) is 0 Å². The molecule has 0 aliphatic rings. The summed E-state index contributed by atoms with van der Waals surface area (Å²) >= 11 is 5.75. The Bertz CT molecular complexity index is 626. The highest BCUT2D eigenvalue weighted by atomic mass is 35.5. The van der Waals surface area contributed by atoms with Crippen LogP contribution in [0.4, 0.5) is 11.4 Å². The van der Waals surface area contributed by atoms with E-state index in [2.05, 4.69) is 9.98 Å². The summed E-state index contributed by atoms with van der Waals surface area (Å²) < 4.78 is 5.28. The van der Waals surface area contributed by atoms with Crippen molar-refractivity contribution in [3.8, 4) is 5.75 Å². The van der Waals surface area contributed by atoms with Gasteiger partial charge in [-0.2, -0.15) is 0 Å². The number of hydrogen-bond donors (Lipinski definition) is 1. The van der Waals surface area contributed by atoms with Gasteiger partial charge in [0.05, 0.1) is 7.11 Å². The highest BCUT2D eigenvalue weighted by Crippen LogP contribution is 2.30. The summed E-state index contributed by atoms with van der Waals surface area (Å²) in [5, 5.41) is 0.364. The molecule has 0 aliphatic heterocycles. The van der Waals surface area contributed by atoms with Crippen LogP contribution >= 0.6 is 11.6 Å². The standard InChI is InChI=1S/C14H14ClN3O/c1-9-4-3-5-12(19-2)14(9)18-8-10-7-17-13(15)6-11(10)16/h3-8H,1-2H3,(H2,16,17). The van der Waals surface area contributed by atoms with Crippen LogP contribution in [0.3, 0.4) is 0 Å². The molecule has 4 nitrogen and oxygen atoms in total. The Morgan fingerprint density at radius 3 is 2.89 bits per heavy atom. The van der Waals surface area contributed by atoms with Gasteiger partial charge in [-0.25, -0.2) is 4.98 Å². The van der Waals surface area contributed by atoms with Crippen LogP contribution in [0.5, 0.6) is 5.75 Å². The van der Waals surface area contributed by atoms with Gasteiger partial charge >= 0.3 is 0 Å². The molecular weight excluding hydrogens is 262 g/mol. The molecule has 2 aromatic rings. The lowest BCUT2D eigenvalue weighted by Gasteiger charge is -2.07. The normalized spacial score (nSPS) is 10.9. The lowest BCUT2D eigenvalue weighted by atomic mass is 10.2. The Morgan fingerprint density at radius 1 is 1.42 bits per heavy atom. The molecule has 0 amide bonds. The molecule has 0 saturated carbocycles. The van der Waals surface area contributed by atoms with Crippen molar-refractivity contribution in [1.29, 1.82) is 0 Å². The fourth-order valence-corrected chi connectivity index (χ4v) is 1.83. The lowest BCUT2D eigenvalue weighted by Crippen LogP contribution is -1.94. The zero-order chi connectivity index (χ0) is 13.8. The SMILES string of the molecule is COc1cccc(C)c1N=Cc1cnc(Cl)cc1N. The summed E-state index contributed by atoms with van der Waals surface area (Å²) in [6.07, 6.45) is 3.25. The van der Waals surface area contributed by atoms with Gasteiger partial charge in [0.2, 0.25) is 0 Å². The molecule has 1 aromatic carbocycles. The Labute approximate surface area is 116 Å². The average molecular weight is 276 g/mol. The summed E-state index contributed by atoms with van der Waals surface area (Å²) in [6, 6.07) is 7.35. The third-order valence-electron chi connectivity index (χ3n) is 2.69. The summed E-state index contributed by atoms with van der Waals surface area (Å²) in [4.78, 5) is 8.40. The van der Waals surface area contributed by atoms with Gasteiger partial charge in [0.15, 0.2) is 0 Å². The van der Waals surface area contributed by atoms with Crippen molar-refractivity contribution in [2.24, 2.45) is 4.99 Å². The Kier molecular flexibility index (Phi) is 4.02.